The van der Waals surface area contributed by atoms with E-state index in [1.807, 2.05) is 0 Å². The molecule has 0 fully saturated rings. The first-order valence-electron chi connectivity index (χ1n) is 9.11. The Hall–Kier alpha value is -1.95. The van der Waals surface area contributed by atoms with Gasteiger partial charge in [0.25, 0.3) is 0 Å². The number of ether oxygens (including phenoxy) is 3. The van der Waals surface area contributed by atoms with Crippen LogP contribution in [0.25, 0.3) is 0 Å². The molecule has 0 unspecified atom stereocenters. The summed E-state index contributed by atoms with van der Waals surface area (Å²) in [4.78, 5) is 22.1. The van der Waals surface area contributed by atoms with E-state index in [0.717, 1.165) is 25.7 Å². The summed E-state index contributed by atoms with van der Waals surface area (Å²) in [7, 11) is 4.44. The summed E-state index contributed by atoms with van der Waals surface area (Å²) in [5, 5.41) is 0. The third kappa shape index (κ3) is 7.12. The van der Waals surface area contributed by atoms with Crippen LogP contribution >= 0.6 is 0 Å². The highest BCUT2D eigenvalue weighted by molar-refractivity contribution is 5.93. The molecule has 1 rings (SSSR count). The van der Waals surface area contributed by atoms with Crippen molar-refractivity contribution in [3.63, 3.8) is 0 Å². The van der Waals surface area contributed by atoms with E-state index in [0.29, 0.717) is 18.1 Å². The molecule has 0 spiro atoms. The SMILES string of the molecule is [CH2]CCCCCCCCCOOC(=O)c1ccc(OC)c(OC)c1OC. The van der Waals surface area contributed by atoms with Crippen LogP contribution in [0.4, 0.5) is 0 Å². The number of unbranched alkanes of at least 4 members (excludes halogenated alkanes) is 7. The van der Waals surface area contributed by atoms with Gasteiger partial charge in [-0.25, -0.2) is 4.79 Å². The summed E-state index contributed by atoms with van der Waals surface area (Å²) in [5.41, 5.74) is 0.218. The van der Waals surface area contributed by atoms with Gasteiger partial charge in [-0.05, 0) is 18.6 Å². The van der Waals surface area contributed by atoms with Gasteiger partial charge in [-0.2, -0.15) is 4.89 Å². The maximum atomic E-state index is 12.2. The lowest BCUT2D eigenvalue weighted by molar-refractivity contribution is -0.241. The van der Waals surface area contributed by atoms with Gasteiger partial charge >= 0.3 is 5.97 Å². The Morgan fingerprint density at radius 3 is 2.04 bits per heavy atom. The first kappa shape index (κ1) is 22.1. The van der Waals surface area contributed by atoms with Crippen molar-refractivity contribution in [3.05, 3.63) is 24.6 Å². The third-order valence-corrected chi connectivity index (χ3v) is 4.04. The minimum atomic E-state index is -0.629. The molecule has 0 N–H and O–H groups in total. The highest BCUT2D eigenvalue weighted by Crippen LogP contribution is 2.39. The molecule has 0 aromatic heterocycles. The molecule has 6 heteroatoms. The molecule has 0 amide bonds. The molecule has 0 aliphatic heterocycles. The van der Waals surface area contributed by atoms with Gasteiger partial charge in [-0.15, -0.1) is 0 Å². The van der Waals surface area contributed by atoms with Gasteiger partial charge in [0.15, 0.2) is 11.5 Å². The molecule has 1 aromatic rings. The Morgan fingerprint density at radius 1 is 0.846 bits per heavy atom. The average Bonchev–Trinajstić information content (AvgIpc) is 2.67. The number of methoxy groups -OCH3 is 3. The van der Waals surface area contributed by atoms with Crippen LogP contribution in [0.1, 0.15) is 61.7 Å². The molecule has 0 atom stereocenters. The fourth-order valence-electron chi connectivity index (χ4n) is 2.62. The summed E-state index contributed by atoms with van der Waals surface area (Å²) in [6, 6.07) is 3.17. The van der Waals surface area contributed by atoms with Crippen LogP contribution in [0.5, 0.6) is 17.2 Å². The van der Waals surface area contributed by atoms with Crippen LogP contribution in [0.15, 0.2) is 12.1 Å². The second-order valence-electron chi connectivity index (χ2n) is 5.90. The highest BCUT2D eigenvalue weighted by Gasteiger charge is 2.22. The number of hydrogen-bond acceptors (Lipinski definition) is 6. The number of carbonyl (C=O) groups is 1. The van der Waals surface area contributed by atoms with Crippen LogP contribution in [-0.2, 0) is 9.78 Å². The van der Waals surface area contributed by atoms with Crippen LogP contribution in [0, 0.1) is 6.92 Å². The molecule has 6 nitrogen and oxygen atoms in total. The maximum Gasteiger partial charge on any atom is 0.376 e. The van der Waals surface area contributed by atoms with E-state index < -0.39 is 5.97 Å². The zero-order valence-electron chi connectivity index (χ0n) is 16.2. The fourth-order valence-corrected chi connectivity index (χ4v) is 2.62. The molecule has 147 valence electrons. The van der Waals surface area contributed by atoms with Gasteiger partial charge in [0.2, 0.25) is 5.75 Å². The molecule has 26 heavy (non-hydrogen) atoms. The summed E-state index contributed by atoms with van der Waals surface area (Å²) in [6.45, 7) is 4.21. The average molecular weight is 367 g/mol. The van der Waals surface area contributed by atoms with Crippen molar-refractivity contribution in [1.82, 2.24) is 0 Å². The molecule has 0 saturated carbocycles. The monoisotopic (exact) mass is 367 g/mol. The zero-order valence-corrected chi connectivity index (χ0v) is 16.2. The predicted octanol–water partition coefficient (Wildman–Crippen LogP) is 4.76. The van der Waals surface area contributed by atoms with Crippen molar-refractivity contribution in [1.29, 1.82) is 0 Å². The molecule has 0 heterocycles. The van der Waals surface area contributed by atoms with Crippen molar-refractivity contribution in [2.24, 2.45) is 0 Å². The Labute approximate surface area is 156 Å². The van der Waals surface area contributed by atoms with Crippen molar-refractivity contribution in [2.45, 2.75) is 51.4 Å². The van der Waals surface area contributed by atoms with Crippen LogP contribution < -0.4 is 14.2 Å². The molecule has 0 bridgehead atoms. The molecular weight excluding hydrogens is 336 g/mol. The Balaban J connectivity index is 2.35. The predicted molar refractivity (Wildman–Crippen MR) is 99.8 cm³/mol. The lowest BCUT2D eigenvalue weighted by atomic mass is 10.1. The van der Waals surface area contributed by atoms with E-state index in [1.54, 1.807) is 12.1 Å². The topological polar surface area (TPSA) is 63.2 Å². The lowest BCUT2D eigenvalue weighted by Gasteiger charge is -2.14. The quantitative estimate of drug-likeness (QED) is 0.268. The van der Waals surface area contributed by atoms with Gasteiger partial charge in [-0.1, -0.05) is 51.9 Å². The largest absolute Gasteiger partial charge is 0.493 e. The molecule has 0 saturated heterocycles. The zero-order chi connectivity index (χ0) is 19.2. The van der Waals surface area contributed by atoms with Crippen molar-refractivity contribution in [3.8, 4) is 17.2 Å². The Kier molecular flexibility index (Phi) is 11.3. The second-order valence-corrected chi connectivity index (χ2v) is 5.90. The normalized spacial score (nSPS) is 10.5. The Bertz CT molecular complexity index is 529. The van der Waals surface area contributed by atoms with E-state index in [1.165, 1.54) is 47.0 Å². The van der Waals surface area contributed by atoms with Gasteiger partial charge in [0.1, 0.15) is 5.56 Å². The number of carbonyl (C=O) groups excluding carboxylic acids is 1. The van der Waals surface area contributed by atoms with Gasteiger partial charge < -0.3 is 14.2 Å². The standard InChI is InChI=1S/C20H31O6/c1-5-6-7-8-9-10-11-12-15-25-26-20(21)16-13-14-17(22-2)19(24-4)18(16)23-3/h13-14H,1,5-12,15H2,2-4H3. The number of rotatable bonds is 14. The van der Waals surface area contributed by atoms with Crippen molar-refractivity contribution < 1.29 is 28.8 Å². The van der Waals surface area contributed by atoms with E-state index >= 15 is 0 Å². The highest BCUT2D eigenvalue weighted by atomic mass is 17.2. The van der Waals surface area contributed by atoms with E-state index in [-0.39, 0.29) is 11.3 Å². The molecular formula is C20H31O6. The summed E-state index contributed by atoms with van der Waals surface area (Å²) < 4.78 is 15.7. The van der Waals surface area contributed by atoms with Crippen molar-refractivity contribution in [2.75, 3.05) is 27.9 Å². The van der Waals surface area contributed by atoms with Gasteiger partial charge in [-0.3, -0.25) is 4.89 Å². The van der Waals surface area contributed by atoms with Crippen LogP contribution in [0.2, 0.25) is 0 Å². The third-order valence-electron chi connectivity index (χ3n) is 4.04. The van der Waals surface area contributed by atoms with Crippen LogP contribution in [0.3, 0.4) is 0 Å². The first-order valence-corrected chi connectivity index (χ1v) is 9.11. The van der Waals surface area contributed by atoms with Crippen molar-refractivity contribution >= 4 is 5.97 Å². The van der Waals surface area contributed by atoms with Gasteiger partial charge in [0, 0.05) is 0 Å². The summed E-state index contributed by atoms with van der Waals surface area (Å²) in [6.07, 6.45) is 9.03. The van der Waals surface area contributed by atoms with Crippen LogP contribution in [-0.4, -0.2) is 33.9 Å². The molecule has 0 aliphatic carbocycles. The smallest absolute Gasteiger partial charge is 0.376 e. The van der Waals surface area contributed by atoms with E-state index in [4.69, 9.17) is 24.0 Å². The molecule has 1 aromatic carbocycles. The maximum absolute atomic E-state index is 12.2. The van der Waals surface area contributed by atoms with E-state index in [9.17, 15) is 4.79 Å². The fraction of sp³-hybridized carbons (Fsp3) is 0.600. The molecule has 1 radical (unpaired) electrons. The lowest BCUT2D eigenvalue weighted by Crippen LogP contribution is -2.10. The molecule has 0 aliphatic rings. The van der Waals surface area contributed by atoms with E-state index in [2.05, 4.69) is 6.92 Å². The summed E-state index contributed by atoms with van der Waals surface area (Å²) in [5.74, 6) is 0.430. The minimum absolute atomic E-state index is 0.218. The second kappa shape index (κ2) is 13.3. The Morgan fingerprint density at radius 2 is 1.46 bits per heavy atom. The first-order chi connectivity index (χ1) is 12.7. The summed E-state index contributed by atoms with van der Waals surface area (Å²) >= 11 is 0. The number of hydrogen-bond donors (Lipinski definition) is 0. The minimum Gasteiger partial charge on any atom is -0.493 e. The number of benzene rings is 1. The van der Waals surface area contributed by atoms with Gasteiger partial charge in [0.05, 0.1) is 27.9 Å².